The van der Waals surface area contributed by atoms with Gasteiger partial charge in [-0.15, -0.1) is 11.8 Å². The number of anilines is 2. The van der Waals surface area contributed by atoms with Crippen LogP contribution in [0, 0.1) is 11.7 Å². The Balaban J connectivity index is 2.13. The van der Waals surface area contributed by atoms with E-state index in [4.69, 9.17) is 4.74 Å². The topological polar surface area (TPSA) is 49.8 Å². The first-order valence-corrected chi connectivity index (χ1v) is 13.2. The standard InChI is InChI=1S/C29H34FNO3S/c1-5-31(22-11-7-6-8-12-22)26-18-28(34-15-9-10-20(2)3)23(17-29(26)35-4)21-13-14-25(30)24(16-21)27(33)19-32/h6-8,11-14,16-18,20,32H,5,9-10,15,19H2,1-4H3. The van der Waals surface area contributed by atoms with E-state index >= 15 is 0 Å². The molecular weight excluding hydrogens is 461 g/mol. The number of ketones is 1. The van der Waals surface area contributed by atoms with Gasteiger partial charge in [-0.2, -0.15) is 0 Å². The number of para-hydroxylation sites is 1. The number of benzene rings is 3. The number of ether oxygens (including phenoxy) is 1. The predicted molar refractivity (Wildman–Crippen MR) is 144 cm³/mol. The first kappa shape index (κ1) is 26.8. The zero-order chi connectivity index (χ0) is 25.4. The van der Waals surface area contributed by atoms with Gasteiger partial charge in [-0.25, -0.2) is 4.39 Å². The minimum atomic E-state index is -0.740. The number of rotatable bonds is 12. The lowest BCUT2D eigenvalue weighted by atomic mass is 9.99. The maximum Gasteiger partial charge on any atom is 0.191 e. The van der Waals surface area contributed by atoms with Gasteiger partial charge in [-0.1, -0.05) is 38.1 Å². The van der Waals surface area contributed by atoms with E-state index in [0.717, 1.165) is 41.2 Å². The SMILES string of the molecule is CCN(c1ccccc1)c1cc(OCCCC(C)C)c(-c2ccc(F)c(C(=O)CO)c2)cc1SC. The molecule has 3 aromatic rings. The molecule has 0 aliphatic carbocycles. The summed E-state index contributed by atoms with van der Waals surface area (Å²) in [7, 11) is 0. The second kappa shape index (κ2) is 12.8. The second-order valence-corrected chi connectivity index (χ2v) is 9.61. The Labute approximate surface area is 212 Å². The molecule has 1 N–H and O–H groups in total. The summed E-state index contributed by atoms with van der Waals surface area (Å²) in [5, 5.41) is 9.28. The Morgan fingerprint density at radius 2 is 1.86 bits per heavy atom. The highest BCUT2D eigenvalue weighted by Crippen LogP contribution is 2.42. The molecule has 186 valence electrons. The van der Waals surface area contributed by atoms with Crippen molar-refractivity contribution in [3.8, 4) is 16.9 Å². The lowest BCUT2D eigenvalue weighted by Gasteiger charge is -2.27. The van der Waals surface area contributed by atoms with Crippen LogP contribution in [-0.4, -0.2) is 36.9 Å². The lowest BCUT2D eigenvalue weighted by Crippen LogP contribution is -2.17. The smallest absolute Gasteiger partial charge is 0.191 e. The Morgan fingerprint density at radius 1 is 1.11 bits per heavy atom. The van der Waals surface area contributed by atoms with Crippen molar-refractivity contribution >= 4 is 28.9 Å². The van der Waals surface area contributed by atoms with Gasteiger partial charge in [0.2, 0.25) is 0 Å². The highest BCUT2D eigenvalue weighted by atomic mass is 32.2. The lowest BCUT2D eigenvalue weighted by molar-refractivity contribution is 0.0899. The van der Waals surface area contributed by atoms with Crippen molar-refractivity contribution in [2.24, 2.45) is 5.92 Å². The van der Waals surface area contributed by atoms with Crippen molar-refractivity contribution in [3.63, 3.8) is 0 Å². The van der Waals surface area contributed by atoms with Crippen LogP contribution in [0.25, 0.3) is 11.1 Å². The summed E-state index contributed by atoms with van der Waals surface area (Å²) in [6.07, 6.45) is 4.00. The average Bonchev–Trinajstić information content (AvgIpc) is 2.87. The van der Waals surface area contributed by atoms with E-state index < -0.39 is 18.2 Å². The molecule has 0 bridgehead atoms. The Hall–Kier alpha value is -2.83. The minimum absolute atomic E-state index is 0.120. The van der Waals surface area contributed by atoms with Gasteiger partial charge in [-0.05, 0) is 67.8 Å². The first-order valence-electron chi connectivity index (χ1n) is 12.0. The molecule has 0 aliphatic heterocycles. The largest absolute Gasteiger partial charge is 0.493 e. The molecule has 0 aromatic heterocycles. The summed E-state index contributed by atoms with van der Waals surface area (Å²) >= 11 is 1.62. The van der Waals surface area contributed by atoms with Gasteiger partial charge in [0.15, 0.2) is 5.78 Å². The van der Waals surface area contributed by atoms with E-state index in [2.05, 4.69) is 37.8 Å². The molecule has 0 heterocycles. The van der Waals surface area contributed by atoms with Crippen LogP contribution >= 0.6 is 11.8 Å². The summed E-state index contributed by atoms with van der Waals surface area (Å²) in [6.45, 7) is 7.08. The predicted octanol–water partition coefficient (Wildman–Crippen LogP) is 7.36. The molecule has 0 amide bonds. The highest BCUT2D eigenvalue weighted by Gasteiger charge is 2.20. The van der Waals surface area contributed by atoms with Crippen molar-refractivity contribution in [3.05, 3.63) is 72.0 Å². The van der Waals surface area contributed by atoms with E-state index in [1.807, 2.05) is 36.6 Å². The van der Waals surface area contributed by atoms with Crippen LogP contribution in [0.5, 0.6) is 5.75 Å². The number of carbonyl (C=O) groups excluding carboxylic acids is 1. The molecule has 35 heavy (non-hydrogen) atoms. The third-order valence-electron chi connectivity index (χ3n) is 5.86. The minimum Gasteiger partial charge on any atom is -0.493 e. The van der Waals surface area contributed by atoms with Crippen molar-refractivity contribution in [2.45, 2.75) is 38.5 Å². The number of hydrogen-bond acceptors (Lipinski definition) is 5. The summed E-state index contributed by atoms with van der Waals surface area (Å²) < 4.78 is 20.6. The molecule has 6 heteroatoms. The molecule has 0 fully saturated rings. The number of thioether (sulfide) groups is 1. The third-order valence-corrected chi connectivity index (χ3v) is 6.63. The maximum atomic E-state index is 14.3. The highest BCUT2D eigenvalue weighted by molar-refractivity contribution is 7.98. The fraction of sp³-hybridized carbons (Fsp3) is 0.345. The van der Waals surface area contributed by atoms with E-state index in [1.165, 1.54) is 12.1 Å². The molecule has 3 rings (SSSR count). The molecule has 4 nitrogen and oxygen atoms in total. The fourth-order valence-electron chi connectivity index (χ4n) is 4.03. The molecular formula is C29H34FNO3S. The van der Waals surface area contributed by atoms with E-state index in [9.17, 15) is 14.3 Å². The van der Waals surface area contributed by atoms with Crippen molar-refractivity contribution in [1.82, 2.24) is 0 Å². The van der Waals surface area contributed by atoms with Crippen LogP contribution in [0.2, 0.25) is 0 Å². The quantitative estimate of drug-likeness (QED) is 0.162. The number of carbonyl (C=O) groups is 1. The zero-order valence-electron chi connectivity index (χ0n) is 20.9. The van der Waals surface area contributed by atoms with Crippen molar-refractivity contribution in [1.29, 1.82) is 0 Å². The van der Waals surface area contributed by atoms with Gasteiger partial charge in [0.25, 0.3) is 0 Å². The maximum absolute atomic E-state index is 14.3. The van der Waals surface area contributed by atoms with Crippen LogP contribution in [-0.2, 0) is 0 Å². The normalized spacial score (nSPS) is 11.1. The summed E-state index contributed by atoms with van der Waals surface area (Å²) in [6, 6.07) is 18.7. The second-order valence-electron chi connectivity index (χ2n) is 8.76. The van der Waals surface area contributed by atoms with Crippen LogP contribution in [0.4, 0.5) is 15.8 Å². The van der Waals surface area contributed by atoms with Gasteiger partial charge in [0.05, 0.1) is 17.9 Å². The average molecular weight is 496 g/mol. The Morgan fingerprint density at radius 3 is 2.49 bits per heavy atom. The fourth-order valence-corrected chi connectivity index (χ4v) is 4.65. The van der Waals surface area contributed by atoms with Gasteiger partial charge in [0, 0.05) is 28.8 Å². The number of aliphatic hydroxyl groups excluding tert-OH is 1. The number of halogens is 1. The Kier molecular flexibility index (Phi) is 9.75. The molecule has 3 aromatic carbocycles. The summed E-state index contributed by atoms with van der Waals surface area (Å²) in [5.74, 6) is -0.0166. The van der Waals surface area contributed by atoms with Crippen molar-refractivity contribution < 1.29 is 19.0 Å². The van der Waals surface area contributed by atoms with Crippen LogP contribution < -0.4 is 9.64 Å². The number of hydrogen-bond donors (Lipinski definition) is 1. The van der Waals surface area contributed by atoms with Gasteiger partial charge < -0.3 is 14.7 Å². The first-order chi connectivity index (χ1) is 16.9. The molecule has 0 atom stereocenters. The molecule has 0 unspecified atom stereocenters. The van der Waals surface area contributed by atoms with Gasteiger partial charge in [0.1, 0.15) is 18.2 Å². The zero-order valence-corrected chi connectivity index (χ0v) is 21.7. The monoisotopic (exact) mass is 495 g/mol. The van der Waals surface area contributed by atoms with Crippen LogP contribution in [0.15, 0.2) is 65.6 Å². The van der Waals surface area contributed by atoms with Crippen molar-refractivity contribution in [2.75, 3.05) is 30.9 Å². The van der Waals surface area contributed by atoms with E-state index in [1.54, 1.807) is 17.8 Å². The van der Waals surface area contributed by atoms with E-state index in [-0.39, 0.29) is 5.56 Å². The molecule has 0 saturated carbocycles. The number of Topliss-reactive ketones (excluding diaryl/α,β-unsaturated/α-hetero) is 1. The van der Waals surface area contributed by atoms with Gasteiger partial charge in [-0.3, -0.25) is 4.79 Å². The number of nitrogens with zero attached hydrogens (tertiary/aromatic N) is 1. The summed E-state index contributed by atoms with van der Waals surface area (Å²) in [4.78, 5) is 15.4. The van der Waals surface area contributed by atoms with E-state index in [0.29, 0.717) is 23.8 Å². The van der Waals surface area contributed by atoms with Gasteiger partial charge >= 0.3 is 0 Å². The third kappa shape index (κ3) is 6.65. The molecule has 0 radical (unpaired) electrons. The molecule has 0 spiro atoms. The Bertz CT molecular complexity index is 1130. The van der Waals surface area contributed by atoms with Crippen LogP contribution in [0.1, 0.15) is 44.0 Å². The number of aliphatic hydroxyl groups is 1. The van der Waals surface area contributed by atoms with Crippen LogP contribution in [0.3, 0.4) is 0 Å². The molecule has 0 aliphatic rings. The summed E-state index contributed by atoms with van der Waals surface area (Å²) in [5.41, 5.74) is 3.46. The molecule has 0 saturated heterocycles.